The molecule has 0 aliphatic heterocycles. The van der Waals surface area contributed by atoms with Gasteiger partial charge in [0.25, 0.3) is 0 Å². The van der Waals surface area contributed by atoms with Crippen LogP contribution in [0.4, 0.5) is 0 Å². The van der Waals surface area contributed by atoms with Gasteiger partial charge < -0.3 is 18.9 Å². The molecule has 0 N–H and O–H groups in total. The summed E-state index contributed by atoms with van der Waals surface area (Å²) in [4.78, 5) is 13.1. The molecule has 0 radical (unpaired) electrons. The van der Waals surface area contributed by atoms with E-state index in [0.29, 0.717) is 43.7 Å². The van der Waals surface area contributed by atoms with Gasteiger partial charge in [0.05, 0.1) is 18.8 Å². The third kappa shape index (κ3) is 4.13. The first-order valence-electron chi connectivity index (χ1n) is 8.97. The van der Waals surface area contributed by atoms with Gasteiger partial charge in [0.2, 0.25) is 0 Å². The molecule has 2 atom stereocenters. The van der Waals surface area contributed by atoms with Crippen molar-refractivity contribution in [2.75, 3.05) is 40.6 Å². The molecule has 0 amide bonds. The molecule has 3 rings (SSSR count). The number of rotatable bonds is 9. The lowest BCUT2D eigenvalue weighted by Crippen LogP contribution is -2.23. The third-order valence-corrected chi connectivity index (χ3v) is 5.46. The van der Waals surface area contributed by atoms with E-state index in [1.54, 1.807) is 14.2 Å². The van der Waals surface area contributed by atoms with Crippen LogP contribution >= 0.6 is 15.9 Å². The predicted octanol–water partition coefficient (Wildman–Crippen LogP) is 3.85. The summed E-state index contributed by atoms with van der Waals surface area (Å²) >= 11 is 3.49. The smallest absolute Gasteiger partial charge is 0.170 e. The van der Waals surface area contributed by atoms with Crippen molar-refractivity contribution in [3.05, 3.63) is 34.0 Å². The fraction of sp³-hybridized carbons (Fsp3) is 0.550. The molecule has 1 fully saturated rings. The Labute approximate surface area is 162 Å². The Bertz CT molecular complexity index is 685. The van der Waals surface area contributed by atoms with E-state index in [9.17, 15) is 4.79 Å². The number of hydrogen-bond donors (Lipinski definition) is 0. The maximum atomic E-state index is 13.1. The number of carbonyl (C=O) groups excluding carboxylic acids is 1. The lowest BCUT2D eigenvalue weighted by Gasteiger charge is -2.27. The van der Waals surface area contributed by atoms with E-state index in [-0.39, 0.29) is 11.7 Å². The molecule has 5 nitrogen and oxygen atoms in total. The summed E-state index contributed by atoms with van der Waals surface area (Å²) in [6.45, 7) is 1.86. The fourth-order valence-corrected chi connectivity index (χ4v) is 4.08. The molecule has 0 spiro atoms. The zero-order valence-corrected chi connectivity index (χ0v) is 16.8. The molecule has 2 unspecified atom stereocenters. The van der Waals surface area contributed by atoms with E-state index in [0.717, 1.165) is 35.1 Å². The number of benzene rings is 1. The van der Waals surface area contributed by atoms with Gasteiger partial charge in [0.15, 0.2) is 5.78 Å². The maximum Gasteiger partial charge on any atom is 0.170 e. The first-order valence-corrected chi connectivity index (χ1v) is 9.76. The Morgan fingerprint density at radius 2 is 1.69 bits per heavy atom. The predicted molar refractivity (Wildman–Crippen MR) is 102 cm³/mol. The molecular formula is C20H25BrO5. The minimum Gasteiger partial charge on any atom is -0.494 e. The number of carbonyl (C=O) groups is 1. The van der Waals surface area contributed by atoms with Crippen molar-refractivity contribution in [1.29, 1.82) is 0 Å². The Balaban J connectivity index is 1.99. The van der Waals surface area contributed by atoms with Gasteiger partial charge in [-0.25, -0.2) is 0 Å². The summed E-state index contributed by atoms with van der Waals surface area (Å²) in [5.41, 5.74) is 1.48. The number of allylic oxidation sites excluding steroid dienone is 2. The van der Waals surface area contributed by atoms with Gasteiger partial charge in [-0.2, -0.15) is 0 Å². The monoisotopic (exact) mass is 424 g/mol. The second kappa shape index (κ2) is 9.02. The van der Waals surface area contributed by atoms with Crippen LogP contribution in [0, 0.1) is 11.8 Å². The number of ketones is 1. The van der Waals surface area contributed by atoms with Crippen LogP contribution in [0.5, 0.6) is 5.75 Å². The normalized spacial score (nSPS) is 22.0. The van der Waals surface area contributed by atoms with Crippen LogP contribution in [-0.2, 0) is 19.0 Å². The summed E-state index contributed by atoms with van der Waals surface area (Å²) in [5, 5.41) is 0. The van der Waals surface area contributed by atoms with Gasteiger partial charge in [-0.15, -0.1) is 0 Å². The molecule has 6 heteroatoms. The zero-order chi connectivity index (χ0) is 18.5. The van der Waals surface area contributed by atoms with Gasteiger partial charge >= 0.3 is 0 Å². The average Bonchev–Trinajstić information content (AvgIpc) is 3.07. The number of ether oxygens (including phenoxy) is 4. The highest BCUT2D eigenvalue weighted by Crippen LogP contribution is 2.48. The summed E-state index contributed by atoms with van der Waals surface area (Å²) in [6, 6.07) is 5.76. The van der Waals surface area contributed by atoms with Gasteiger partial charge in [0, 0.05) is 36.1 Å². The highest BCUT2D eigenvalue weighted by atomic mass is 79.9. The molecule has 2 aliphatic carbocycles. The van der Waals surface area contributed by atoms with Crippen LogP contribution in [0.1, 0.15) is 24.8 Å². The molecule has 1 saturated carbocycles. The van der Waals surface area contributed by atoms with Crippen molar-refractivity contribution < 1.29 is 23.7 Å². The molecule has 142 valence electrons. The Kier molecular flexibility index (Phi) is 6.73. The lowest BCUT2D eigenvalue weighted by atomic mass is 9.83. The molecule has 0 heterocycles. The average molecular weight is 425 g/mol. The van der Waals surface area contributed by atoms with Crippen molar-refractivity contribution in [1.82, 2.24) is 0 Å². The summed E-state index contributed by atoms with van der Waals surface area (Å²) < 4.78 is 23.0. The van der Waals surface area contributed by atoms with Gasteiger partial charge in [-0.3, -0.25) is 4.79 Å². The van der Waals surface area contributed by atoms with E-state index in [1.807, 2.05) is 18.2 Å². The van der Waals surface area contributed by atoms with E-state index in [2.05, 4.69) is 15.9 Å². The number of fused-ring (bicyclic) bond motifs is 2. The molecule has 2 bridgehead atoms. The van der Waals surface area contributed by atoms with Crippen molar-refractivity contribution in [3.8, 4) is 5.75 Å². The maximum absolute atomic E-state index is 13.1. The van der Waals surface area contributed by atoms with E-state index >= 15 is 0 Å². The van der Waals surface area contributed by atoms with Crippen LogP contribution < -0.4 is 4.74 Å². The lowest BCUT2D eigenvalue weighted by molar-refractivity contribution is -0.117. The molecule has 2 aliphatic rings. The van der Waals surface area contributed by atoms with Crippen molar-refractivity contribution >= 4 is 27.3 Å². The van der Waals surface area contributed by atoms with Crippen molar-refractivity contribution in [2.45, 2.75) is 19.3 Å². The molecule has 1 aromatic carbocycles. The topological polar surface area (TPSA) is 54.0 Å². The van der Waals surface area contributed by atoms with Crippen molar-refractivity contribution in [3.63, 3.8) is 0 Å². The fourth-order valence-electron chi connectivity index (χ4n) is 3.73. The number of methoxy groups -OCH3 is 2. The molecule has 0 aromatic heterocycles. The Morgan fingerprint density at radius 1 is 1.00 bits per heavy atom. The number of Topliss-reactive ketones (excluding diaryl/α,β-unsaturated/α-hetero) is 1. The minimum atomic E-state index is 0.0975. The number of halogens is 1. The molecule has 1 aromatic rings. The largest absolute Gasteiger partial charge is 0.494 e. The molecular weight excluding hydrogens is 400 g/mol. The first kappa shape index (κ1) is 19.4. The standard InChI is InChI=1S/C20H25BrO5/c1-23-7-9-25-17-12-15(21)5-6-16(17)18-19(22)13-3-4-14(11-13)20(18)26-10-8-24-2/h5-6,12-14H,3-4,7-11H2,1-2H3. The highest BCUT2D eigenvalue weighted by molar-refractivity contribution is 9.10. The van der Waals surface area contributed by atoms with Crippen LogP contribution in [0.25, 0.3) is 5.57 Å². The molecule has 26 heavy (non-hydrogen) atoms. The van der Waals surface area contributed by atoms with Crippen molar-refractivity contribution in [2.24, 2.45) is 11.8 Å². The van der Waals surface area contributed by atoms with Gasteiger partial charge in [-0.05, 0) is 37.5 Å². The number of hydrogen-bond acceptors (Lipinski definition) is 5. The summed E-state index contributed by atoms with van der Waals surface area (Å²) in [7, 11) is 3.28. The third-order valence-electron chi connectivity index (χ3n) is 4.97. The Morgan fingerprint density at radius 3 is 2.42 bits per heavy atom. The zero-order valence-electron chi connectivity index (χ0n) is 15.3. The minimum absolute atomic E-state index is 0.0975. The second-order valence-corrected chi connectivity index (χ2v) is 7.55. The van der Waals surface area contributed by atoms with Gasteiger partial charge in [0.1, 0.15) is 24.7 Å². The molecule has 0 saturated heterocycles. The quantitative estimate of drug-likeness (QED) is 0.563. The van der Waals surface area contributed by atoms with Crippen LogP contribution in [0.15, 0.2) is 28.4 Å². The summed E-state index contributed by atoms with van der Waals surface area (Å²) in [5.74, 6) is 2.05. The van der Waals surface area contributed by atoms with E-state index in [1.165, 1.54) is 0 Å². The van der Waals surface area contributed by atoms with E-state index < -0.39 is 0 Å². The summed E-state index contributed by atoms with van der Waals surface area (Å²) in [6.07, 6.45) is 2.82. The van der Waals surface area contributed by atoms with Crippen LogP contribution in [0.3, 0.4) is 0 Å². The van der Waals surface area contributed by atoms with E-state index in [4.69, 9.17) is 18.9 Å². The Hall–Kier alpha value is -1.37. The SMILES string of the molecule is COCCOC1=C(c2ccc(Br)cc2OCCOC)C(=O)C2CCC1C2. The highest BCUT2D eigenvalue weighted by Gasteiger charge is 2.42. The van der Waals surface area contributed by atoms with Gasteiger partial charge in [-0.1, -0.05) is 15.9 Å². The van der Waals surface area contributed by atoms with Crippen LogP contribution in [-0.4, -0.2) is 46.4 Å². The second-order valence-electron chi connectivity index (χ2n) is 6.63. The first-order chi connectivity index (χ1) is 12.7. The van der Waals surface area contributed by atoms with Crippen LogP contribution in [0.2, 0.25) is 0 Å².